The number of esters is 1. The second-order valence-corrected chi connectivity index (χ2v) is 4.52. The minimum absolute atomic E-state index is 0.196. The van der Waals surface area contributed by atoms with Crippen molar-refractivity contribution in [1.29, 1.82) is 0 Å². The van der Waals surface area contributed by atoms with Crippen LogP contribution in [0.25, 0.3) is 0 Å². The van der Waals surface area contributed by atoms with Crippen LogP contribution in [-0.2, 0) is 14.3 Å². The summed E-state index contributed by atoms with van der Waals surface area (Å²) in [6.45, 7) is 5.78. The van der Waals surface area contributed by atoms with Gasteiger partial charge in [-0.25, -0.2) is 9.80 Å². The third-order valence-electron chi connectivity index (χ3n) is 2.48. The molecule has 6 heteroatoms. The maximum atomic E-state index is 11.3. The zero-order chi connectivity index (χ0) is 12.3. The molecule has 0 unspecified atom stereocenters. The summed E-state index contributed by atoms with van der Waals surface area (Å²) in [6, 6.07) is 0. The molecular weight excluding hydrogens is 222 g/mol. The molecule has 0 spiro atoms. The van der Waals surface area contributed by atoms with Crippen molar-refractivity contribution in [3.05, 3.63) is 11.8 Å². The van der Waals surface area contributed by atoms with E-state index in [1.807, 2.05) is 0 Å². The number of ether oxygens (including phenoxy) is 2. The Kier molecular flexibility index (Phi) is 3.73. The van der Waals surface area contributed by atoms with Gasteiger partial charge >= 0.3 is 5.97 Å². The Labute approximate surface area is 100 Å². The Hall–Kier alpha value is -1.43. The molecule has 0 aliphatic carbocycles. The van der Waals surface area contributed by atoms with E-state index in [9.17, 15) is 4.79 Å². The lowest BCUT2D eigenvalue weighted by Gasteiger charge is -2.19. The molecule has 0 N–H and O–H groups in total. The number of nitrogens with zero attached hydrogens (tertiary/aromatic N) is 3. The molecule has 1 fully saturated rings. The molecule has 6 nitrogen and oxygen atoms in total. The van der Waals surface area contributed by atoms with E-state index in [1.54, 1.807) is 11.2 Å². The van der Waals surface area contributed by atoms with Gasteiger partial charge in [-0.2, -0.15) is 5.11 Å². The smallest absolute Gasteiger partial charge is 0.335 e. The molecule has 1 atom stereocenters. The number of carbonyl (C=O) groups excluding carboxylic acids is 1. The summed E-state index contributed by atoms with van der Waals surface area (Å²) in [5.74, 6) is 0.191. The van der Waals surface area contributed by atoms with E-state index >= 15 is 0 Å². The highest BCUT2D eigenvalue weighted by atomic mass is 16.5. The van der Waals surface area contributed by atoms with Crippen LogP contribution in [0.2, 0.25) is 0 Å². The zero-order valence-electron chi connectivity index (χ0n) is 10.1. The standard InChI is InChI=1S/C11H17N3O3/c1-8(2)7-17-10-5-12-13-14(10)6-9-3-4-16-11(9)15/h6,8,10H,3-5,7H2,1-2H3/b9-6+/t10-/m1/s1. The van der Waals surface area contributed by atoms with Gasteiger partial charge in [0.05, 0.1) is 18.8 Å². The first-order chi connectivity index (χ1) is 8.16. The summed E-state index contributed by atoms with van der Waals surface area (Å²) in [4.78, 5) is 11.3. The second-order valence-electron chi connectivity index (χ2n) is 4.52. The second kappa shape index (κ2) is 5.27. The first-order valence-electron chi connectivity index (χ1n) is 5.82. The normalized spacial score (nSPS) is 26.3. The number of hydrogen-bond donors (Lipinski definition) is 0. The summed E-state index contributed by atoms with van der Waals surface area (Å²) in [5.41, 5.74) is 0.629. The van der Waals surface area contributed by atoms with Gasteiger partial charge in [0.25, 0.3) is 0 Å². The maximum absolute atomic E-state index is 11.3. The van der Waals surface area contributed by atoms with Crippen LogP contribution in [0.3, 0.4) is 0 Å². The fourth-order valence-electron chi connectivity index (χ4n) is 1.59. The summed E-state index contributed by atoms with van der Waals surface area (Å²) in [6.07, 6.45) is 2.11. The van der Waals surface area contributed by atoms with Crippen LogP contribution in [0, 0.1) is 5.92 Å². The molecule has 0 bridgehead atoms. The van der Waals surface area contributed by atoms with Gasteiger partial charge in [-0.05, 0) is 5.92 Å². The van der Waals surface area contributed by atoms with E-state index in [-0.39, 0.29) is 12.2 Å². The van der Waals surface area contributed by atoms with Crippen molar-refractivity contribution in [2.24, 2.45) is 16.3 Å². The van der Waals surface area contributed by atoms with Gasteiger partial charge in [-0.1, -0.05) is 19.1 Å². The lowest BCUT2D eigenvalue weighted by molar-refractivity contribution is -0.135. The van der Waals surface area contributed by atoms with Gasteiger partial charge < -0.3 is 9.47 Å². The van der Waals surface area contributed by atoms with Crippen LogP contribution >= 0.6 is 0 Å². The fraction of sp³-hybridized carbons (Fsp3) is 0.727. The number of hydrogen-bond acceptors (Lipinski definition) is 6. The summed E-state index contributed by atoms with van der Waals surface area (Å²) >= 11 is 0. The molecule has 0 aromatic rings. The topological polar surface area (TPSA) is 63.5 Å². The van der Waals surface area contributed by atoms with E-state index in [0.717, 1.165) is 0 Å². The van der Waals surface area contributed by atoms with Gasteiger partial charge in [0.1, 0.15) is 6.54 Å². The highest BCUT2D eigenvalue weighted by Crippen LogP contribution is 2.19. The molecular formula is C11H17N3O3. The predicted octanol–water partition coefficient (Wildman–Crippen LogP) is 1.50. The Bertz CT molecular complexity index is 352. The van der Waals surface area contributed by atoms with Crippen molar-refractivity contribution >= 4 is 5.97 Å². The Morgan fingerprint density at radius 1 is 1.65 bits per heavy atom. The van der Waals surface area contributed by atoms with E-state index in [2.05, 4.69) is 24.2 Å². The average Bonchev–Trinajstić information content (AvgIpc) is 2.87. The molecule has 2 rings (SSSR count). The van der Waals surface area contributed by atoms with Crippen LogP contribution in [0.1, 0.15) is 20.3 Å². The molecule has 1 saturated heterocycles. The van der Waals surface area contributed by atoms with E-state index in [0.29, 0.717) is 37.7 Å². The molecule has 0 aromatic heterocycles. The number of carbonyl (C=O) groups is 1. The van der Waals surface area contributed by atoms with Crippen LogP contribution < -0.4 is 0 Å². The minimum atomic E-state index is -0.269. The summed E-state index contributed by atoms with van der Waals surface area (Å²) in [5, 5.41) is 9.46. The molecule has 0 aromatic carbocycles. The number of cyclic esters (lactones) is 1. The van der Waals surface area contributed by atoms with Crippen molar-refractivity contribution in [3.8, 4) is 0 Å². The highest BCUT2D eigenvalue weighted by Gasteiger charge is 2.26. The lowest BCUT2D eigenvalue weighted by atomic mass is 10.2. The molecule has 2 aliphatic heterocycles. The quantitative estimate of drug-likeness (QED) is 0.551. The third-order valence-corrected chi connectivity index (χ3v) is 2.48. The number of rotatable bonds is 4. The van der Waals surface area contributed by atoms with Crippen LogP contribution in [0.15, 0.2) is 22.1 Å². The van der Waals surface area contributed by atoms with Crippen molar-refractivity contribution < 1.29 is 14.3 Å². The Morgan fingerprint density at radius 2 is 2.47 bits per heavy atom. The van der Waals surface area contributed by atoms with Crippen molar-refractivity contribution in [2.45, 2.75) is 26.5 Å². The summed E-state index contributed by atoms with van der Waals surface area (Å²) < 4.78 is 10.5. The van der Waals surface area contributed by atoms with Gasteiger partial charge in [-0.15, -0.1) is 0 Å². The van der Waals surface area contributed by atoms with Gasteiger partial charge in [0.15, 0.2) is 6.23 Å². The van der Waals surface area contributed by atoms with Gasteiger partial charge in [0, 0.05) is 12.6 Å². The van der Waals surface area contributed by atoms with Crippen molar-refractivity contribution in [1.82, 2.24) is 5.01 Å². The molecule has 2 heterocycles. The summed E-state index contributed by atoms with van der Waals surface area (Å²) in [7, 11) is 0. The average molecular weight is 239 g/mol. The molecule has 0 saturated carbocycles. The third kappa shape index (κ3) is 3.03. The fourth-order valence-corrected chi connectivity index (χ4v) is 1.59. The van der Waals surface area contributed by atoms with Gasteiger partial charge in [-0.3, -0.25) is 0 Å². The van der Waals surface area contributed by atoms with Gasteiger partial charge in [0.2, 0.25) is 0 Å². The van der Waals surface area contributed by atoms with Crippen LogP contribution in [-0.4, -0.2) is 37.0 Å². The van der Waals surface area contributed by atoms with Crippen molar-refractivity contribution in [2.75, 3.05) is 19.8 Å². The Morgan fingerprint density at radius 3 is 3.12 bits per heavy atom. The van der Waals surface area contributed by atoms with E-state index in [1.165, 1.54) is 0 Å². The molecule has 0 amide bonds. The largest absolute Gasteiger partial charge is 0.462 e. The van der Waals surface area contributed by atoms with Crippen LogP contribution in [0.4, 0.5) is 0 Å². The molecule has 17 heavy (non-hydrogen) atoms. The zero-order valence-corrected chi connectivity index (χ0v) is 10.1. The van der Waals surface area contributed by atoms with Crippen LogP contribution in [0.5, 0.6) is 0 Å². The highest BCUT2D eigenvalue weighted by molar-refractivity contribution is 5.90. The molecule has 2 aliphatic rings. The first kappa shape index (κ1) is 12.0. The first-order valence-corrected chi connectivity index (χ1v) is 5.82. The van der Waals surface area contributed by atoms with Crippen molar-refractivity contribution in [3.63, 3.8) is 0 Å². The maximum Gasteiger partial charge on any atom is 0.335 e. The monoisotopic (exact) mass is 239 g/mol. The molecule has 94 valence electrons. The lowest BCUT2D eigenvalue weighted by Crippen LogP contribution is -2.29. The van der Waals surface area contributed by atoms with E-state index < -0.39 is 0 Å². The SMILES string of the molecule is CC(C)CO[C@@H]1CN=NN1/C=C1\CCOC1=O. The minimum Gasteiger partial charge on any atom is -0.462 e. The van der Waals surface area contributed by atoms with E-state index in [4.69, 9.17) is 9.47 Å². The Balaban J connectivity index is 1.94. The predicted molar refractivity (Wildman–Crippen MR) is 59.8 cm³/mol. The molecule has 0 radical (unpaired) electrons.